The summed E-state index contributed by atoms with van der Waals surface area (Å²) in [7, 11) is 0. The monoisotopic (exact) mass is 414 g/mol. The average molecular weight is 415 g/mol. The summed E-state index contributed by atoms with van der Waals surface area (Å²) in [6.45, 7) is 4.92. The van der Waals surface area contributed by atoms with Gasteiger partial charge in [-0.1, -0.05) is 53.5 Å². The predicted molar refractivity (Wildman–Crippen MR) is 108 cm³/mol. The van der Waals surface area contributed by atoms with Gasteiger partial charge in [-0.2, -0.15) is 9.78 Å². The molecule has 1 aliphatic heterocycles. The van der Waals surface area contributed by atoms with Crippen LogP contribution < -0.4 is 0 Å². The molecule has 0 radical (unpaired) electrons. The van der Waals surface area contributed by atoms with Crippen LogP contribution in [-0.2, 0) is 26.6 Å². The van der Waals surface area contributed by atoms with Crippen LogP contribution in [-0.4, -0.2) is 39.6 Å². The van der Waals surface area contributed by atoms with Gasteiger partial charge in [0.1, 0.15) is 0 Å². The zero-order valence-electron chi connectivity index (χ0n) is 14.0. The number of hydrogen-bond donors (Lipinski definition) is 0. The van der Waals surface area contributed by atoms with Crippen molar-refractivity contribution < 1.29 is 9.05 Å². The lowest BCUT2D eigenvalue weighted by molar-refractivity contribution is 0.280. The van der Waals surface area contributed by atoms with Gasteiger partial charge < -0.3 is 9.05 Å². The predicted octanol–water partition coefficient (Wildman–Crippen LogP) is 4.17. The lowest BCUT2D eigenvalue weighted by Gasteiger charge is -2.20. The lowest BCUT2D eigenvalue weighted by atomic mass is 10.1. The molecule has 0 unspecified atom stereocenters. The summed E-state index contributed by atoms with van der Waals surface area (Å²) in [4.78, 5) is 0. The van der Waals surface area contributed by atoms with Crippen molar-refractivity contribution in [1.29, 1.82) is 0 Å². The summed E-state index contributed by atoms with van der Waals surface area (Å²) in [6.07, 6.45) is 0. The molecule has 134 valence electrons. The first-order chi connectivity index (χ1) is 12.1. The number of thioether (sulfide) groups is 1. The second kappa shape index (κ2) is 8.79. The van der Waals surface area contributed by atoms with Crippen molar-refractivity contribution in [3.8, 4) is 0 Å². The molecule has 1 aliphatic rings. The molecule has 2 heterocycles. The van der Waals surface area contributed by atoms with Crippen molar-refractivity contribution >= 4 is 46.4 Å². The van der Waals surface area contributed by atoms with Gasteiger partial charge in [0.2, 0.25) is 10.8 Å². The van der Waals surface area contributed by atoms with E-state index in [1.165, 1.54) is 11.4 Å². The topological polar surface area (TPSA) is 61.5 Å². The molecule has 0 bridgehead atoms. The molecule has 2 aromatic rings. The van der Waals surface area contributed by atoms with E-state index in [0.717, 1.165) is 28.0 Å². The summed E-state index contributed by atoms with van der Waals surface area (Å²) < 4.78 is 13.1. The Morgan fingerprint density at radius 3 is 2.60 bits per heavy atom. The zero-order chi connectivity index (χ0) is 17.7. The minimum absolute atomic E-state index is 0.536. The maximum atomic E-state index is 5.67. The highest BCUT2D eigenvalue weighted by molar-refractivity contribution is 8.67. The fraction of sp³-hybridized carbons (Fsp3) is 0.400. The molecule has 0 saturated heterocycles. The zero-order valence-corrected chi connectivity index (χ0v) is 17.3. The SMILES string of the molecule is CCOP(=S)(OCC)SCc1nnc2n1N=C(c1ccccc1)CS2. The van der Waals surface area contributed by atoms with Crippen molar-refractivity contribution in [3.05, 3.63) is 41.7 Å². The third-order valence-corrected chi connectivity index (χ3v) is 9.60. The Morgan fingerprint density at radius 1 is 1.20 bits per heavy atom. The average Bonchev–Trinajstić information content (AvgIpc) is 3.03. The van der Waals surface area contributed by atoms with Gasteiger partial charge in [0, 0.05) is 5.75 Å². The number of fused-ring (bicyclic) bond motifs is 1. The highest BCUT2D eigenvalue weighted by atomic mass is 32.9. The molecule has 25 heavy (non-hydrogen) atoms. The van der Waals surface area contributed by atoms with E-state index in [-0.39, 0.29) is 0 Å². The minimum atomic E-state index is -2.36. The second-order valence-electron chi connectivity index (χ2n) is 4.97. The van der Waals surface area contributed by atoms with Crippen LogP contribution in [0.25, 0.3) is 0 Å². The maximum Gasteiger partial charge on any atom is 0.247 e. The summed E-state index contributed by atoms with van der Waals surface area (Å²) in [6, 6.07) is 10.2. The molecule has 1 aromatic heterocycles. The first-order valence-electron chi connectivity index (χ1n) is 7.89. The smallest absolute Gasteiger partial charge is 0.247 e. The van der Waals surface area contributed by atoms with Gasteiger partial charge in [0.05, 0.1) is 24.7 Å². The Kier molecular flexibility index (Phi) is 6.71. The maximum absolute atomic E-state index is 5.67. The van der Waals surface area contributed by atoms with Gasteiger partial charge in [-0.3, -0.25) is 0 Å². The highest BCUT2D eigenvalue weighted by Crippen LogP contribution is 2.61. The number of benzene rings is 1. The number of hydrogen-bond acceptors (Lipinski definition) is 8. The van der Waals surface area contributed by atoms with E-state index in [9.17, 15) is 0 Å². The first kappa shape index (κ1) is 19.1. The van der Waals surface area contributed by atoms with E-state index in [4.69, 9.17) is 26.0 Å². The van der Waals surface area contributed by atoms with Crippen LogP contribution in [0.4, 0.5) is 0 Å². The fourth-order valence-electron chi connectivity index (χ4n) is 2.20. The van der Waals surface area contributed by atoms with E-state index < -0.39 is 5.69 Å². The second-order valence-corrected chi connectivity index (χ2v) is 12.2. The van der Waals surface area contributed by atoms with Crippen molar-refractivity contribution in [3.63, 3.8) is 0 Å². The van der Waals surface area contributed by atoms with Crippen LogP contribution in [0.1, 0.15) is 25.2 Å². The molecule has 1 aromatic carbocycles. The van der Waals surface area contributed by atoms with E-state index in [1.54, 1.807) is 16.4 Å². The van der Waals surface area contributed by atoms with Gasteiger partial charge in [0.15, 0.2) is 5.82 Å². The molecule has 0 atom stereocenters. The van der Waals surface area contributed by atoms with Crippen LogP contribution >= 0.6 is 28.8 Å². The molecule has 6 nitrogen and oxygen atoms in total. The Balaban J connectivity index is 1.79. The number of rotatable bonds is 8. The largest absolute Gasteiger partial charge is 0.322 e. The normalized spacial score (nSPS) is 14.2. The Bertz CT molecular complexity index is 787. The van der Waals surface area contributed by atoms with Crippen molar-refractivity contribution in [2.75, 3.05) is 19.0 Å². The summed E-state index contributed by atoms with van der Waals surface area (Å²) in [5, 5.41) is 14.0. The van der Waals surface area contributed by atoms with Crippen LogP contribution in [0.2, 0.25) is 0 Å². The molecular formula is C15H19N4O2PS3. The number of nitrogens with zero attached hydrogens (tertiary/aromatic N) is 4. The van der Waals surface area contributed by atoms with Crippen molar-refractivity contribution in [2.24, 2.45) is 5.10 Å². The Morgan fingerprint density at radius 2 is 1.92 bits per heavy atom. The minimum Gasteiger partial charge on any atom is -0.322 e. The first-order valence-corrected chi connectivity index (χ1v) is 13.1. The number of aromatic nitrogens is 3. The van der Waals surface area contributed by atoms with Gasteiger partial charge in [-0.05, 0) is 31.2 Å². The van der Waals surface area contributed by atoms with Crippen molar-refractivity contribution in [2.45, 2.75) is 24.8 Å². The molecule has 0 amide bonds. The Hall–Kier alpha value is -0.700. The van der Waals surface area contributed by atoms with Crippen LogP contribution in [0, 0.1) is 0 Å². The summed E-state index contributed by atoms with van der Waals surface area (Å²) in [5.41, 5.74) is -0.231. The summed E-state index contributed by atoms with van der Waals surface area (Å²) >= 11 is 8.68. The van der Waals surface area contributed by atoms with E-state index in [1.807, 2.05) is 32.0 Å². The van der Waals surface area contributed by atoms with Crippen LogP contribution in [0.15, 0.2) is 40.6 Å². The highest BCUT2D eigenvalue weighted by Gasteiger charge is 2.24. The third-order valence-electron chi connectivity index (χ3n) is 3.27. The van der Waals surface area contributed by atoms with Gasteiger partial charge in [0.25, 0.3) is 0 Å². The van der Waals surface area contributed by atoms with E-state index >= 15 is 0 Å². The molecule has 0 spiro atoms. The third kappa shape index (κ3) is 4.72. The molecule has 0 aliphatic carbocycles. The van der Waals surface area contributed by atoms with Gasteiger partial charge in [-0.15, -0.1) is 10.2 Å². The quantitative estimate of drug-likeness (QED) is 0.601. The van der Waals surface area contributed by atoms with Crippen LogP contribution in [0.3, 0.4) is 0 Å². The molecule has 3 rings (SSSR count). The van der Waals surface area contributed by atoms with E-state index in [2.05, 4.69) is 22.3 Å². The van der Waals surface area contributed by atoms with Gasteiger partial charge in [-0.25, -0.2) is 0 Å². The molecule has 10 heteroatoms. The molecule has 0 N–H and O–H groups in total. The summed E-state index contributed by atoms with van der Waals surface area (Å²) in [5.74, 6) is 2.09. The molecular weight excluding hydrogens is 395 g/mol. The van der Waals surface area contributed by atoms with E-state index in [0.29, 0.717) is 19.0 Å². The lowest BCUT2D eigenvalue weighted by Crippen LogP contribution is -2.14. The molecule has 0 saturated carbocycles. The molecule has 0 fully saturated rings. The Labute approximate surface area is 160 Å². The van der Waals surface area contributed by atoms with Crippen LogP contribution in [0.5, 0.6) is 0 Å². The van der Waals surface area contributed by atoms with Gasteiger partial charge >= 0.3 is 0 Å². The van der Waals surface area contributed by atoms with Crippen molar-refractivity contribution in [1.82, 2.24) is 14.9 Å². The standard InChI is InChI=1S/C15H19N4O2PS3/c1-3-20-22(23,21-4-2)25-11-14-16-17-15-19(14)18-13(10-24-15)12-8-6-5-7-9-12/h5-9H,3-4,10-11H2,1-2H3. The fourth-order valence-corrected chi connectivity index (χ4v) is 7.37.